The molecule has 24 heavy (non-hydrogen) atoms. The van der Waals surface area contributed by atoms with Gasteiger partial charge in [-0.25, -0.2) is 0 Å². The molecule has 1 unspecified atom stereocenters. The normalized spacial score (nSPS) is 11.6. The monoisotopic (exact) mass is 351 g/mol. The molecule has 0 radical (unpaired) electrons. The second-order valence-corrected chi connectivity index (χ2v) is 5.34. The van der Waals surface area contributed by atoms with Crippen LogP contribution in [0.1, 0.15) is 13.0 Å². The van der Waals surface area contributed by atoms with Crippen LogP contribution in [0.3, 0.4) is 0 Å². The largest absolute Gasteiger partial charge is 0.495 e. The smallest absolute Gasteiger partial charge is 0.285 e. The highest BCUT2D eigenvalue weighted by Crippen LogP contribution is 2.28. The summed E-state index contributed by atoms with van der Waals surface area (Å²) in [7, 11) is 1.44. The number of amides is 1. The van der Waals surface area contributed by atoms with E-state index in [9.17, 15) is 19.7 Å². The molecule has 1 heterocycles. The third-order valence-electron chi connectivity index (χ3n) is 3.35. The molecule has 1 atom stereocenters. The van der Waals surface area contributed by atoms with Gasteiger partial charge in [-0.15, -0.1) is 0 Å². The van der Waals surface area contributed by atoms with Gasteiger partial charge in [0.15, 0.2) is 0 Å². The fourth-order valence-corrected chi connectivity index (χ4v) is 2.22. The predicted molar refractivity (Wildman–Crippen MR) is 88.7 cm³/mol. The first-order valence-electron chi connectivity index (χ1n) is 6.84. The van der Waals surface area contributed by atoms with Gasteiger partial charge in [-0.05, 0) is 25.1 Å². The Bertz CT molecular complexity index is 849. The van der Waals surface area contributed by atoms with E-state index < -0.39 is 22.4 Å². The molecule has 9 heteroatoms. The Labute approximate surface area is 141 Å². The molecular formula is C15H14ClN3O5. The van der Waals surface area contributed by atoms with Crippen LogP contribution in [0.25, 0.3) is 0 Å². The SMILES string of the molecule is COc1ccc(Cl)cc1NC(=O)C(C)n1cc([N+](=O)[O-])ccc1=O. The average molecular weight is 352 g/mol. The third-order valence-corrected chi connectivity index (χ3v) is 3.58. The molecule has 0 aliphatic heterocycles. The van der Waals surface area contributed by atoms with Crippen molar-refractivity contribution in [1.29, 1.82) is 0 Å². The first-order valence-corrected chi connectivity index (χ1v) is 7.22. The molecule has 126 valence electrons. The molecule has 8 nitrogen and oxygen atoms in total. The number of ether oxygens (including phenoxy) is 1. The van der Waals surface area contributed by atoms with Crippen LogP contribution in [0.2, 0.25) is 5.02 Å². The minimum Gasteiger partial charge on any atom is -0.495 e. The highest BCUT2D eigenvalue weighted by atomic mass is 35.5. The minimum absolute atomic E-state index is 0.283. The van der Waals surface area contributed by atoms with E-state index in [1.54, 1.807) is 12.1 Å². The zero-order valence-electron chi connectivity index (χ0n) is 12.9. The maximum absolute atomic E-state index is 12.4. The topological polar surface area (TPSA) is 103 Å². The lowest BCUT2D eigenvalue weighted by molar-refractivity contribution is -0.385. The van der Waals surface area contributed by atoms with Crippen LogP contribution in [0.15, 0.2) is 41.3 Å². The molecule has 0 saturated carbocycles. The number of hydrogen-bond donors (Lipinski definition) is 1. The molecule has 0 saturated heterocycles. The molecule has 1 amide bonds. The summed E-state index contributed by atoms with van der Waals surface area (Å²) in [5, 5.41) is 13.8. The molecule has 2 rings (SSSR count). The van der Waals surface area contributed by atoms with Crippen molar-refractivity contribution in [3.05, 3.63) is 62.0 Å². The van der Waals surface area contributed by atoms with E-state index in [0.29, 0.717) is 16.5 Å². The Morgan fingerprint density at radius 3 is 2.71 bits per heavy atom. The van der Waals surface area contributed by atoms with E-state index in [-0.39, 0.29) is 5.69 Å². The van der Waals surface area contributed by atoms with Gasteiger partial charge < -0.3 is 10.1 Å². The maximum atomic E-state index is 12.4. The molecule has 2 aromatic rings. The van der Waals surface area contributed by atoms with Crippen LogP contribution in [-0.4, -0.2) is 22.5 Å². The second-order valence-electron chi connectivity index (χ2n) is 4.90. The number of nitrogens with zero attached hydrogens (tertiary/aromatic N) is 2. The Balaban J connectivity index is 2.31. The fraction of sp³-hybridized carbons (Fsp3) is 0.200. The van der Waals surface area contributed by atoms with Crippen LogP contribution in [0.4, 0.5) is 11.4 Å². The van der Waals surface area contributed by atoms with Crippen molar-refractivity contribution in [2.75, 3.05) is 12.4 Å². The van der Waals surface area contributed by atoms with Crippen LogP contribution in [0, 0.1) is 10.1 Å². The minimum atomic E-state index is -0.971. The van der Waals surface area contributed by atoms with E-state index in [0.717, 1.165) is 22.9 Å². The van der Waals surface area contributed by atoms with E-state index in [1.165, 1.54) is 20.1 Å². The third kappa shape index (κ3) is 3.72. The number of carbonyl (C=O) groups is 1. The van der Waals surface area contributed by atoms with Crippen molar-refractivity contribution in [3.63, 3.8) is 0 Å². The Hall–Kier alpha value is -2.87. The predicted octanol–water partition coefficient (Wildman–Crippen LogP) is 2.62. The van der Waals surface area contributed by atoms with E-state index in [4.69, 9.17) is 16.3 Å². The van der Waals surface area contributed by atoms with Crippen molar-refractivity contribution in [2.45, 2.75) is 13.0 Å². The van der Waals surface area contributed by atoms with Crippen molar-refractivity contribution in [3.8, 4) is 5.75 Å². The second kappa shape index (κ2) is 7.14. The number of methoxy groups -OCH3 is 1. The van der Waals surface area contributed by atoms with Gasteiger partial charge in [0, 0.05) is 17.2 Å². The van der Waals surface area contributed by atoms with E-state index in [2.05, 4.69) is 5.32 Å². The molecule has 0 spiro atoms. The standard InChI is InChI=1S/C15H14ClN3O5/c1-9(18-8-11(19(22)23)4-6-14(18)20)15(21)17-12-7-10(16)3-5-13(12)24-2/h3-9H,1-2H3,(H,17,21). The molecule has 0 aliphatic rings. The van der Waals surface area contributed by atoms with Crippen LogP contribution in [0.5, 0.6) is 5.75 Å². The number of pyridine rings is 1. The van der Waals surface area contributed by atoms with E-state index in [1.807, 2.05) is 0 Å². The lowest BCUT2D eigenvalue weighted by Gasteiger charge is -2.16. The lowest BCUT2D eigenvalue weighted by Crippen LogP contribution is -2.31. The van der Waals surface area contributed by atoms with Crippen molar-refractivity contribution in [2.24, 2.45) is 0 Å². The number of hydrogen-bond acceptors (Lipinski definition) is 5. The number of aromatic nitrogens is 1. The summed E-state index contributed by atoms with van der Waals surface area (Å²) in [6, 6.07) is 5.85. The summed E-state index contributed by atoms with van der Waals surface area (Å²) in [5.74, 6) is -0.149. The number of nitro groups is 1. The van der Waals surface area contributed by atoms with Crippen LogP contribution in [-0.2, 0) is 4.79 Å². The molecular weight excluding hydrogens is 338 g/mol. The average Bonchev–Trinajstić information content (AvgIpc) is 2.54. The molecule has 0 fully saturated rings. The van der Waals surface area contributed by atoms with Crippen LogP contribution < -0.4 is 15.6 Å². The van der Waals surface area contributed by atoms with Crippen LogP contribution >= 0.6 is 11.6 Å². The highest BCUT2D eigenvalue weighted by molar-refractivity contribution is 6.31. The van der Waals surface area contributed by atoms with Gasteiger partial charge in [-0.2, -0.15) is 0 Å². The maximum Gasteiger partial charge on any atom is 0.285 e. The number of rotatable bonds is 5. The van der Waals surface area contributed by atoms with Gasteiger partial charge in [-0.1, -0.05) is 11.6 Å². The number of benzene rings is 1. The van der Waals surface area contributed by atoms with Crippen molar-refractivity contribution in [1.82, 2.24) is 4.57 Å². The molecule has 1 aromatic heterocycles. The fourth-order valence-electron chi connectivity index (χ4n) is 2.04. The van der Waals surface area contributed by atoms with Gasteiger partial charge >= 0.3 is 0 Å². The van der Waals surface area contributed by atoms with Crippen molar-refractivity contribution >= 4 is 28.9 Å². The van der Waals surface area contributed by atoms with Gasteiger partial charge in [-0.3, -0.25) is 24.3 Å². The summed E-state index contributed by atoms with van der Waals surface area (Å²) in [6.07, 6.45) is 1.03. The molecule has 0 bridgehead atoms. The van der Waals surface area contributed by atoms with Gasteiger partial charge in [0.05, 0.1) is 23.9 Å². The number of halogens is 1. The van der Waals surface area contributed by atoms with Gasteiger partial charge in [0.25, 0.3) is 11.2 Å². The Morgan fingerprint density at radius 1 is 1.38 bits per heavy atom. The molecule has 1 aromatic carbocycles. The van der Waals surface area contributed by atoms with Gasteiger partial charge in [0.1, 0.15) is 11.8 Å². The summed E-state index contributed by atoms with van der Waals surface area (Å²) >= 11 is 5.90. The Kier molecular flexibility index (Phi) is 5.20. The van der Waals surface area contributed by atoms with Gasteiger partial charge in [0.2, 0.25) is 5.91 Å². The van der Waals surface area contributed by atoms with Crippen molar-refractivity contribution < 1.29 is 14.5 Å². The first-order chi connectivity index (χ1) is 11.3. The zero-order valence-corrected chi connectivity index (χ0v) is 13.6. The summed E-state index contributed by atoms with van der Waals surface area (Å²) in [6.45, 7) is 1.46. The first kappa shape index (κ1) is 17.5. The zero-order chi connectivity index (χ0) is 17.9. The van der Waals surface area contributed by atoms with E-state index >= 15 is 0 Å². The Morgan fingerprint density at radius 2 is 2.08 bits per heavy atom. The quantitative estimate of drug-likeness (QED) is 0.658. The summed E-state index contributed by atoms with van der Waals surface area (Å²) < 4.78 is 6.12. The summed E-state index contributed by atoms with van der Waals surface area (Å²) in [4.78, 5) is 34.5. The molecule has 0 aliphatic carbocycles. The number of nitrogens with one attached hydrogen (secondary N) is 1. The highest BCUT2D eigenvalue weighted by Gasteiger charge is 2.20. The summed E-state index contributed by atoms with van der Waals surface area (Å²) in [5.41, 5.74) is -0.476. The number of anilines is 1. The lowest BCUT2D eigenvalue weighted by atomic mass is 10.2. The number of carbonyl (C=O) groups excluding carboxylic acids is 1. The molecule has 1 N–H and O–H groups in total.